The summed E-state index contributed by atoms with van der Waals surface area (Å²) in [5.41, 5.74) is 2.12. The van der Waals surface area contributed by atoms with Gasteiger partial charge in [-0.25, -0.2) is 0 Å². The van der Waals surface area contributed by atoms with Gasteiger partial charge in [0.15, 0.2) is 5.69 Å². The minimum atomic E-state index is -0.260. The molecule has 2 rings (SSSR count). The maximum absolute atomic E-state index is 12.5. The molecule has 0 bridgehead atoms. The number of carbonyl (C=O) groups excluding carboxylic acids is 1. The zero-order valence-electron chi connectivity index (χ0n) is 15.6. The Balaban J connectivity index is 2.05. The molecule has 0 radical (unpaired) electrons. The third-order valence-corrected chi connectivity index (χ3v) is 3.75. The first-order valence-corrected chi connectivity index (χ1v) is 8.40. The molecule has 134 valence electrons. The van der Waals surface area contributed by atoms with Crippen LogP contribution in [0.4, 0.5) is 11.5 Å². The van der Waals surface area contributed by atoms with Crippen molar-refractivity contribution in [2.45, 2.75) is 26.2 Å². The smallest absolute Gasteiger partial charge is 0.276 e. The maximum atomic E-state index is 12.5. The molecule has 0 aliphatic carbocycles. The van der Waals surface area contributed by atoms with Crippen LogP contribution < -0.4 is 10.6 Å². The average molecular weight is 341 g/mol. The molecule has 2 aromatic rings. The van der Waals surface area contributed by atoms with Crippen LogP contribution in [-0.4, -0.2) is 48.2 Å². The number of anilines is 2. The van der Waals surface area contributed by atoms with Crippen LogP contribution in [0.2, 0.25) is 0 Å². The first-order valence-electron chi connectivity index (χ1n) is 8.40. The van der Waals surface area contributed by atoms with E-state index in [1.807, 2.05) is 38.4 Å². The fourth-order valence-electron chi connectivity index (χ4n) is 2.39. The molecule has 0 spiro atoms. The molecule has 25 heavy (non-hydrogen) atoms. The van der Waals surface area contributed by atoms with Crippen molar-refractivity contribution in [3.8, 4) is 0 Å². The summed E-state index contributed by atoms with van der Waals surface area (Å²) in [5, 5.41) is 14.2. The normalized spacial score (nSPS) is 11.4. The number of rotatable bonds is 6. The predicted molar refractivity (Wildman–Crippen MR) is 102 cm³/mol. The molecule has 6 heteroatoms. The Hall–Kier alpha value is -2.47. The number of nitrogens with zero attached hydrogens (tertiary/aromatic N) is 3. The van der Waals surface area contributed by atoms with Gasteiger partial charge >= 0.3 is 0 Å². The number of amides is 1. The number of hydrogen-bond donors (Lipinski definition) is 2. The average Bonchev–Trinajstić information content (AvgIpc) is 2.54. The summed E-state index contributed by atoms with van der Waals surface area (Å²) in [4.78, 5) is 14.5. The SMILES string of the molecule is CN(C)CCNc1ccc(C(=O)Nc2ccccc2C(C)(C)C)nn1. The number of likely N-dealkylation sites (N-methyl/N-ethyl adjacent to an activating group) is 1. The molecule has 0 aliphatic heterocycles. The highest BCUT2D eigenvalue weighted by Crippen LogP contribution is 2.29. The van der Waals surface area contributed by atoms with Gasteiger partial charge in [-0.3, -0.25) is 4.79 Å². The largest absolute Gasteiger partial charge is 0.367 e. The second kappa shape index (κ2) is 8.07. The van der Waals surface area contributed by atoms with Gasteiger partial charge in [0.05, 0.1) is 0 Å². The van der Waals surface area contributed by atoms with Crippen LogP contribution in [0.25, 0.3) is 0 Å². The molecule has 0 saturated heterocycles. The minimum absolute atomic E-state index is 0.0598. The van der Waals surface area contributed by atoms with Gasteiger partial charge in [0.1, 0.15) is 5.82 Å². The van der Waals surface area contributed by atoms with E-state index >= 15 is 0 Å². The van der Waals surface area contributed by atoms with E-state index in [0.29, 0.717) is 11.5 Å². The van der Waals surface area contributed by atoms with E-state index in [1.54, 1.807) is 12.1 Å². The van der Waals surface area contributed by atoms with Gasteiger partial charge in [0.25, 0.3) is 5.91 Å². The van der Waals surface area contributed by atoms with Gasteiger partial charge in [-0.2, -0.15) is 0 Å². The van der Waals surface area contributed by atoms with Gasteiger partial charge in [-0.15, -0.1) is 10.2 Å². The van der Waals surface area contributed by atoms with E-state index in [4.69, 9.17) is 0 Å². The minimum Gasteiger partial charge on any atom is -0.367 e. The molecule has 0 unspecified atom stereocenters. The molecule has 0 saturated carbocycles. The zero-order chi connectivity index (χ0) is 18.4. The van der Waals surface area contributed by atoms with Crippen LogP contribution in [0.3, 0.4) is 0 Å². The van der Waals surface area contributed by atoms with Gasteiger partial charge in [0.2, 0.25) is 0 Å². The van der Waals surface area contributed by atoms with E-state index < -0.39 is 0 Å². The first kappa shape index (κ1) is 18.9. The highest BCUT2D eigenvalue weighted by molar-refractivity contribution is 6.03. The summed E-state index contributed by atoms with van der Waals surface area (Å²) in [5.74, 6) is 0.400. The molecule has 1 aromatic carbocycles. The van der Waals surface area contributed by atoms with Crippen molar-refractivity contribution in [1.82, 2.24) is 15.1 Å². The van der Waals surface area contributed by atoms with Gasteiger partial charge in [-0.05, 0) is 43.3 Å². The standard InChI is InChI=1S/C19H27N5O/c1-19(2,3)14-8-6-7-9-15(14)21-18(25)16-10-11-17(23-22-16)20-12-13-24(4)5/h6-11H,12-13H2,1-5H3,(H,20,23)(H,21,25). The number of aromatic nitrogens is 2. The number of carbonyl (C=O) groups is 1. The maximum Gasteiger partial charge on any atom is 0.276 e. The van der Waals surface area contributed by atoms with E-state index in [0.717, 1.165) is 24.3 Å². The Morgan fingerprint density at radius 1 is 1.08 bits per heavy atom. The third-order valence-electron chi connectivity index (χ3n) is 3.75. The third kappa shape index (κ3) is 5.53. The summed E-state index contributed by atoms with van der Waals surface area (Å²) in [7, 11) is 4.02. The molecule has 0 atom stereocenters. The van der Waals surface area contributed by atoms with E-state index in [9.17, 15) is 4.79 Å². The lowest BCUT2D eigenvalue weighted by Gasteiger charge is -2.22. The van der Waals surface area contributed by atoms with Crippen LogP contribution in [0.15, 0.2) is 36.4 Å². The fraction of sp³-hybridized carbons (Fsp3) is 0.421. The van der Waals surface area contributed by atoms with Crippen LogP contribution in [-0.2, 0) is 5.41 Å². The lowest BCUT2D eigenvalue weighted by atomic mass is 9.86. The Labute approximate surface area is 149 Å². The topological polar surface area (TPSA) is 70.2 Å². The number of hydrogen-bond acceptors (Lipinski definition) is 5. The van der Waals surface area contributed by atoms with Crippen LogP contribution >= 0.6 is 0 Å². The summed E-state index contributed by atoms with van der Waals surface area (Å²) in [6.07, 6.45) is 0. The highest BCUT2D eigenvalue weighted by atomic mass is 16.1. The second-order valence-corrected chi connectivity index (χ2v) is 7.28. The molecule has 2 N–H and O–H groups in total. The van der Waals surface area contributed by atoms with Crippen LogP contribution in [0, 0.1) is 0 Å². The molecule has 6 nitrogen and oxygen atoms in total. The Kier molecular flexibility index (Phi) is 6.09. The van der Waals surface area contributed by atoms with E-state index in [-0.39, 0.29) is 11.3 Å². The summed E-state index contributed by atoms with van der Waals surface area (Å²) in [6.45, 7) is 8.02. The van der Waals surface area contributed by atoms with Gasteiger partial charge in [-0.1, -0.05) is 39.0 Å². The molecule has 0 aliphatic rings. The second-order valence-electron chi connectivity index (χ2n) is 7.28. The van der Waals surface area contributed by atoms with Gasteiger partial charge in [0, 0.05) is 18.8 Å². The monoisotopic (exact) mass is 341 g/mol. The van der Waals surface area contributed by atoms with Crippen molar-refractivity contribution < 1.29 is 4.79 Å². The lowest BCUT2D eigenvalue weighted by molar-refractivity contribution is 0.102. The molecular weight excluding hydrogens is 314 g/mol. The molecule has 1 heterocycles. The quantitative estimate of drug-likeness (QED) is 0.845. The molecule has 1 amide bonds. The van der Waals surface area contributed by atoms with Gasteiger partial charge < -0.3 is 15.5 Å². The number of nitrogens with one attached hydrogen (secondary N) is 2. The van der Waals surface area contributed by atoms with Crippen molar-refractivity contribution >= 4 is 17.4 Å². The first-order chi connectivity index (χ1) is 11.8. The lowest BCUT2D eigenvalue weighted by Crippen LogP contribution is -2.22. The summed E-state index contributed by atoms with van der Waals surface area (Å²) >= 11 is 0. The van der Waals surface area contributed by atoms with Crippen molar-refractivity contribution in [3.63, 3.8) is 0 Å². The van der Waals surface area contributed by atoms with Crippen LogP contribution in [0.1, 0.15) is 36.8 Å². The Morgan fingerprint density at radius 2 is 1.80 bits per heavy atom. The summed E-state index contributed by atoms with van der Waals surface area (Å²) in [6, 6.07) is 11.3. The number of para-hydroxylation sites is 1. The molecule has 1 aromatic heterocycles. The molecular formula is C19H27N5O. The van der Waals surface area contributed by atoms with E-state index in [2.05, 4.69) is 46.5 Å². The van der Waals surface area contributed by atoms with Crippen LogP contribution in [0.5, 0.6) is 0 Å². The van der Waals surface area contributed by atoms with Crippen molar-refractivity contribution in [3.05, 3.63) is 47.7 Å². The van der Waals surface area contributed by atoms with E-state index in [1.165, 1.54) is 0 Å². The van der Waals surface area contributed by atoms with Crippen molar-refractivity contribution in [1.29, 1.82) is 0 Å². The van der Waals surface area contributed by atoms with Crippen molar-refractivity contribution in [2.24, 2.45) is 0 Å². The fourth-order valence-corrected chi connectivity index (χ4v) is 2.39. The zero-order valence-corrected chi connectivity index (χ0v) is 15.6. The summed E-state index contributed by atoms with van der Waals surface area (Å²) < 4.78 is 0. The predicted octanol–water partition coefficient (Wildman–Crippen LogP) is 3.00. The molecule has 0 fully saturated rings. The highest BCUT2D eigenvalue weighted by Gasteiger charge is 2.19. The van der Waals surface area contributed by atoms with Crippen molar-refractivity contribution in [2.75, 3.05) is 37.8 Å². The number of benzene rings is 1. The Bertz CT molecular complexity index is 704. The Morgan fingerprint density at radius 3 is 2.40 bits per heavy atom.